The van der Waals surface area contributed by atoms with Gasteiger partial charge in [0.15, 0.2) is 11.7 Å². The van der Waals surface area contributed by atoms with E-state index < -0.39 is 0 Å². The van der Waals surface area contributed by atoms with Gasteiger partial charge in [0.25, 0.3) is 0 Å². The van der Waals surface area contributed by atoms with E-state index in [1.54, 1.807) is 0 Å². The van der Waals surface area contributed by atoms with E-state index in [9.17, 15) is 0 Å². The fraction of sp³-hybridized carbons (Fsp3) is 0.308. The van der Waals surface area contributed by atoms with Crippen LogP contribution in [0.1, 0.15) is 24.1 Å². The SMILES string of the molecule is CCc1ccc(-c2oc(C)nc2C)cc1. The Morgan fingerprint density at radius 3 is 2.27 bits per heavy atom. The van der Waals surface area contributed by atoms with Crippen molar-refractivity contribution in [3.05, 3.63) is 41.4 Å². The quantitative estimate of drug-likeness (QED) is 0.743. The molecule has 0 aliphatic rings. The second-order valence-corrected chi connectivity index (χ2v) is 3.70. The summed E-state index contributed by atoms with van der Waals surface area (Å²) < 4.78 is 5.56. The minimum Gasteiger partial charge on any atom is -0.441 e. The molecule has 2 rings (SSSR count). The molecule has 0 N–H and O–H groups in total. The summed E-state index contributed by atoms with van der Waals surface area (Å²) in [7, 11) is 0. The molecule has 0 aliphatic heterocycles. The van der Waals surface area contributed by atoms with Crippen molar-refractivity contribution in [3.63, 3.8) is 0 Å². The molecule has 0 aliphatic carbocycles. The fourth-order valence-electron chi connectivity index (χ4n) is 1.69. The third kappa shape index (κ3) is 1.94. The number of aryl methyl sites for hydroxylation is 3. The number of aromatic nitrogens is 1. The van der Waals surface area contributed by atoms with Gasteiger partial charge in [-0.1, -0.05) is 31.2 Å². The van der Waals surface area contributed by atoms with E-state index in [1.807, 2.05) is 13.8 Å². The number of oxazole rings is 1. The van der Waals surface area contributed by atoms with Crippen molar-refractivity contribution < 1.29 is 4.42 Å². The van der Waals surface area contributed by atoms with Crippen molar-refractivity contribution >= 4 is 0 Å². The highest BCUT2D eigenvalue weighted by atomic mass is 16.4. The molecule has 15 heavy (non-hydrogen) atoms. The van der Waals surface area contributed by atoms with Crippen molar-refractivity contribution in [1.82, 2.24) is 4.98 Å². The summed E-state index contributed by atoms with van der Waals surface area (Å²) in [6.07, 6.45) is 1.06. The minimum absolute atomic E-state index is 0.724. The zero-order valence-corrected chi connectivity index (χ0v) is 9.37. The highest BCUT2D eigenvalue weighted by molar-refractivity contribution is 5.59. The maximum atomic E-state index is 5.56. The van der Waals surface area contributed by atoms with Crippen LogP contribution in [-0.4, -0.2) is 4.98 Å². The van der Waals surface area contributed by atoms with E-state index in [4.69, 9.17) is 4.42 Å². The smallest absolute Gasteiger partial charge is 0.192 e. The average Bonchev–Trinajstić information content (AvgIpc) is 2.58. The molecular weight excluding hydrogens is 186 g/mol. The Hall–Kier alpha value is -1.57. The molecule has 1 aromatic carbocycles. The van der Waals surface area contributed by atoms with Gasteiger partial charge in [0.05, 0.1) is 5.69 Å². The summed E-state index contributed by atoms with van der Waals surface area (Å²) in [4.78, 5) is 4.26. The van der Waals surface area contributed by atoms with Crippen molar-refractivity contribution in [3.8, 4) is 11.3 Å². The molecule has 0 bridgehead atoms. The van der Waals surface area contributed by atoms with E-state index in [-0.39, 0.29) is 0 Å². The number of hydrogen-bond donors (Lipinski definition) is 0. The largest absolute Gasteiger partial charge is 0.441 e. The highest BCUT2D eigenvalue weighted by Crippen LogP contribution is 2.24. The summed E-state index contributed by atoms with van der Waals surface area (Å²) in [5.41, 5.74) is 3.40. The third-order valence-corrected chi connectivity index (χ3v) is 2.53. The van der Waals surface area contributed by atoms with Gasteiger partial charge in [-0.25, -0.2) is 4.98 Å². The monoisotopic (exact) mass is 201 g/mol. The third-order valence-electron chi connectivity index (χ3n) is 2.53. The second-order valence-electron chi connectivity index (χ2n) is 3.70. The van der Waals surface area contributed by atoms with Crippen LogP contribution in [0.25, 0.3) is 11.3 Å². The number of rotatable bonds is 2. The van der Waals surface area contributed by atoms with Gasteiger partial charge < -0.3 is 4.42 Å². The van der Waals surface area contributed by atoms with E-state index in [1.165, 1.54) is 5.56 Å². The topological polar surface area (TPSA) is 26.0 Å². The lowest BCUT2D eigenvalue weighted by Gasteiger charge is -1.99. The normalized spacial score (nSPS) is 10.6. The molecule has 0 amide bonds. The summed E-state index contributed by atoms with van der Waals surface area (Å²) in [5, 5.41) is 0. The molecule has 2 aromatic rings. The van der Waals surface area contributed by atoms with Gasteiger partial charge in [-0.3, -0.25) is 0 Å². The van der Waals surface area contributed by atoms with Gasteiger partial charge in [0, 0.05) is 12.5 Å². The number of nitrogens with zero attached hydrogens (tertiary/aromatic N) is 1. The predicted molar refractivity (Wildman–Crippen MR) is 60.8 cm³/mol. The molecule has 0 fully saturated rings. The standard InChI is InChI=1S/C13H15NO/c1-4-11-5-7-12(8-6-11)13-9(2)14-10(3)15-13/h5-8H,4H2,1-3H3. The molecule has 2 nitrogen and oxygen atoms in total. The van der Waals surface area contributed by atoms with Crippen molar-refractivity contribution in [2.45, 2.75) is 27.2 Å². The van der Waals surface area contributed by atoms with E-state index in [0.717, 1.165) is 29.3 Å². The molecule has 0 atom stereocenters. The van der Waals surface area contributed by atoms with Crippen LogP contribution in [0.4, 0.5) is 0 Å². The van der Waals surface area contributed by atoms with Gasteiger partial charge in [0.2, 0.25) is 0 Å². The van der Waals surface area contributed by atoms with Crippen LogP contribution >= 0.6 is 0 Å². The van der Waals surface area contributed by atoms with Crippen molar-refractivity contribution in [2.24, 2.45) is 0 Å². The van der Waals surface area contributed by atoms with Crippen LogP contribution in [0.5, 0.6) is 0 Å². The van der Waals surface area contributed by atoms with Gasteiger partial charge in [-0.05, 0) is 18.9 Å². The summed E-state index contributed by atoms with van der Waals surface area (Å²) in [5.74, 6) is 1.61. The Kier molecular flexibility index (Phi) is 2.58. The minimum atomic E-state index is 0.724. The Bertz CT molecular complexity index is 454. The molecule has 0 spiro atoms. The number of benzene rings is 1. The van der Waals surface area contributed by atoms with Crippen LogP contribution in [0, 0.1) is 13.8 Å². The lowest BCUT2D eigenvalue weighted by Crippen LogP contribution is -1.81. The van der Waals surface area contributed by atoms with Gasteiger partial charge in [0.1, 0.15) is 0 Å². The Balaban J connectivity index is 2.41. The van der Waals surface area contributed by atoms with Crippen molar-refractivity contribution in [2.75, 3.05) is 0 Å². The highest BCUT2D eigenvalue weighted by Gasteiger charge is 2.08. The van der Waals surface area contributed by atoms with E-state index in [2.05, 4.69) is 36.2 Å². The maximum Gasteiger partial charge on any atom is 0.192 e. The van der Waals surface area contributed by atoms with Crippen molar-refractivity contribution in [1.29, 1.82) is 0 Å². The van der Waals surface area contributed by atoms with Crippen LogP contribution in [0.15, 0.2) is 28.7 Å². The molecule has 0 saturated carbocycles. The molecule has 1 heterocycles. The lowest BCUT2D eigenvalue weighted by molar-refractivity contribution is 0.534. The molecule has 0 unspecified atom stereocenters. The Morgan fingerprint density at radius 1 is 1.13 bits per heavy atom. The Labute approximate surface area is 90.0 Å². The molecular formula is C13H15NO. The average molecular weight is 201 g/mol. The first-order chi connectivity index (χ1) is 7.20. The van der Waals surface area contributed by atoms with Crippen LogP contribution in [-0.2, 0) is 6.42 Å². The summed E-state index contributed by atoms with van der Waals surface area (Å²) in [6, 6.07) is 8.44. The van der Waals surface area contributed by atoms with E-state index >= 15 is 0 Å². The van der Waals surface area contributed by atoms with Gasteiger partial charge >= 0.3 is 0 Å². The van der Waals surface area contributed by atoms with Crippen LogP contribution in [0.3, 0.4) is 0 Å². The summed E-state index contributed by atoms with van der Waals surface area (Å²) >= 11 is 0. The zero-order valence-electron chi connectivity index (χ0n) is 9.37. The molecule has 2 heteroatoms. The zero-order chi connectivity index (χ0) is 10.8. The van der Waals surface area contributed by atoms with E-state index in [0.29, 0.717) is 0 Å². The van der Waals surface area contributed by atoms with Gasteiger partial charge in [-0.15, -0.1) is 0 Å². The maximum absolute atomic E-state index is 5.56. The predicted octanol–water partition coefficient (Wildman–Crippen LogP) is 3.52. The van der Waals surface area contributed by atoms with Crippen LogP contribution < -0.4 is 0 Å². The molecule has 0 saturated heterocycles. The molecule has 1 aromatic heterocycles. The molecule has 78 valence electrons. The molecule has 0 radical (unpaired) electrons. The van der Waals surface area contributed by atoms with Gasteiger partial charge in [-0.2, -0.15) is 0 Å². The second kappa shape index (κ2) is 3.89. The lowest BCUT2D eigenvalue weighted by atomic mass is 10.1. The first-order valence-corrected chi connectivity index (χ1v) is 5.24. The first-order valence-electron chi connectivity index (χ1n) is 5.24. The fourth-order valence-corrected chi connectivity index (χ4v) is 1.69. The first kappa shape index (κ1) is 9.97. The number of hydrogen-bond acceptors (Lipinski definition) is 2. The summed E-state index contributed by atoms with van der Waals surface area (Å²) in [6.45, 7) is 6.00. The van der Waals surface area contributed by atoms with Crippen LogP contribution in [0.2, 0.25) is 0 Å². The Morgan fingerprint density at radius 2 is 1.80 bits per heavy atom.